The van der Waals surface area contributed by atoms with Crippen molar-refractivity contribution in [2.75, 3.05) is 29.9 Å². The first-order chi connectivity index (χ1) is 18.3. The number of carboxylic acid groups (broad SMARTS) is 1. The lowest BCUT2D eigenvalue weighted by Crippen LogP contribution is -2.43. The van der Waals surface area contributed by atoms with Crippen molar-refractivity contribution in [1.29, 1.82) is 0 Å². The fourth-order valence-corrected chi connectivity index (χ4v) is 5.52. The highest BCUT2D eigenvalue weighted by atomic mass is 32.1. The van der Waals surface area contributed by atoms with Gasteiger partial charge in [0.05, 0.1) is 27.0 Å². The third kappa shape index (κ3) is 5.01. The summed E-state index contributed by atoms with van der Waals surface area (Å²) in [6, 6.07) is 9.49. The van der Waals surface area contributed by atoms with Crippen LogP contribution in [0.2, 0.25) is 0 Å². The van der Waals surface area contributed by atoms with E-state index >= 15 is 0 Å². The van der Waals surface area contributed by atoms with Crippen LogP contribution in [0, 0.1) is 12.3 Å². The predicted molar refractivity (Wildman–Crippen MR) is 148 cm³/mol. The van der Waals surface area contributed by atoms with Crippen LogP contribution in [0.25, 0.3) is 32.6 Å². The number of carbonyl (C=O) groups excluding carboxylic acids is 1. The summed E-state index contributed by atoms with van der Waals surface area (Å²) in [5.41, 5.74) is 4.32. The van der Waals surface area contributed by atoms with Crippen molar-refractivity contribution >= 4 is 44.6 Å². The fraction of sp³-hybridized carbons (Fsp3) is 0.333. The number of carbonyl (C=O) groups is 2. The first-order valence-electron chi connectivity index (χ1n) is 12.5. The second-order valence-electron chi connectivity index (χ2n) is 9.61. The van der Waals surface area contributed by atoms with E-state index in [4.69, 9.17) is 4.98 Å². The number of fused-ring (bicyclic) bond motifs is 1. The van der Waals surface area contributed by atoms with Crippen molar-refractivity contribution in [3.8, 4) is 22.4 Å². The molecule has 0 saturated carbocycles. The molecule has 0 radical (unpaired) electrons. The van der Waals surface area contributed by atoms with Gasteiger partial charge in [0, 0.05) is 43.2 Å². The van der Waals surface area contributed by atoms with Gasteiger partial charge in [-0.3, -0.25) is 15.1 Å². The molecule has 0 aliphatic carbocycles. The number of hydrogen-bond donors (Lipinski definition) is 3. The van der Waals surface area contributed by atoms with Gasteiger partial charge in [-0.1, -0.05) is 17.4 Å². The minimum atomic E-state index is -0.755. The number of urea groups is 1. The Kier molecular flexibility index (Phi) is 6.94. The maximum atomic E-state index is 12.1. The summed E-state index contributed by atoms with van der Waals surface area (Å²) in [4.78, 5) is 44.4. The lowest BCUT2D eigenvalue weighted by atomic mass is 9.80. The molecule has 0 atom stereocenters. The molecule has 1 aromatic carbocycles. The van der Waals surface area contributed by atoms with Crippen LogP contribution in [-0.4, -0.2) is 56.7 Å². The number of carboxylic acids is 1. The summed E-state index contributed by atoms with van der Waals surface area (Å²) in [6.45, 7) is 7.31. The molecule has 1 aliphatic rings. The van der Waals surface area contributed by atoms with Gasteiger partial charge in [-0.2, -0.15) is 0 Å². The lowest BCUT2D eigenvalue weighted by molar-refractivity contribution is -0.149. The van der Waals surface area contributed by atoms with Gasteiger partial charge in [0.15, 0.2) is 5.13 Å². The Morgan fingerprint density at radius 1 is 1.13 bits per heavy atom. The molecule has 5 rings (SSSR count). The molecular formula is C27H29N7O3S. The maximum absolute atomic E-state index is 12.1. The number of aliphatic carboxylic acids is 1. The van der Waals surface area contributed by atoms with Gasteiger partial charge in [-0.25, -0.2) is 19.7 Å². The van der Waals surface area contributed by atoms with E-state index in [1.807, 2.05) is 49.2 Å². The van der Waals surface area contributed by atoms with Crippen LogP contribution in [0.5, 0.6) is 0 Å². The molecule has 4 aromatic rings. The van der Waals surface area contributed by atoms with E-state index in [2.05, 4.69) is 31.7 Å². The number of pyridine rings is 1. The fourth-order valence-electron chi connectivity index (χ4n) is 4.56. The van der Waals surface area contributed by atoms with Gasteiger partial charge < -0.3 is 15.3 Å². The summed E-state index contributed by atoms with van der Waals surface area (Å²) in [6.07, 6.45) is 4.66. The van der Waals surface area contributed by atoms with Crippen LogP contribution in [0.1, 0.15) is 32.4 Å². The number of anilines is 2. The Morgan fingerprint density at radius 2 is 1.92 bits per heavy atom. The molecule has 3 aromatic heterocycles. The second-order valence-corrected chi connectivity index (χ2v) is 10.6. The molecule has 1 aliphatic heterocycles. The van der Waals surface area contributed by atoms with Gasteiger partial charge in [0.2, 0.25) is 5.95 Å². The van der Waals surface area contributed by atoms with Crippen LogP contribution in [0.15, 0.2) is 42.7 Å². The zero-order valence-electron chi connectivity index (χ0n) is 21.5. The van der Waals surface area contributed by atoms with Crippen molar-refractivity contribution in [2.24, 2.45) is 5.41 Å². The monoisotopic (exact) mass is 531 g/mol. The number of thiazole rings is 1. The molecule has 1 saturated heterocycles. The quantitative estimate of drug-likeness (QED) is 0.318. The van der Waals surface area contributed by atoms with Gasteiger partial charge in [0.25, 0.3) is 0 Å². The number of nitrogens with one attached hydrogen (secondary N) is 2. The third-order valence-electron chi connectivity index (χ3n) is 6.93. The zero-order chi connectivity index (χ0) is 26.9. The second kappa shape index (κ2) is 10.3. The first-order valence-corrected chi connectivity index (χ1v) is 13.3. The Morgan fingerprint density at radius 3 is 2.58 bits per heavy atom. The zero-order valence-corrected chi connectivity index (χ0v) is 22.3. The Hall–Kier alpha value is -4.12. The predicted octanol–water partition coefficient (Wildman–Crippen LogP) is 4.96. The number of aromatic nitrogens is 4. The number of benzene rings is 1. The van der Waals surface area contributed by atoms with E-state index in [9.17, 15) is 14.7 Å². The van der Waals surface area contributed by atoms with Crippen molar-refractivity contribution in [2.45, 2.75) is 33.6 Å². The van der Waals surface area contributed by atoms with Crippen LogP contribution in [0.3, 0.4) is 0 Å². The van der Waals surface area contributed by atoms with Crippen molar-refractivity contribution < 1.29 is 14.7 Å². The van der Waals surface area contributed by atoms with Crippen LogP contribution >= 0.6 is 11.3 Å². The minimum Gasteiger partial charge on any atom is -0.481 e. The van der Waals surface area contributed by atoms with E-state index in [1.54, 1.807) is 13.1 Å². The van der Waals surface area contributed by atoms with E-state index in [1.165, 1.54) is 11.3 Å². The SMILES string of the molecule is CCNC(=O)Nc1nc2cc(-c3cnc(N4CCC(C)(C(=O)O)CC4)nc3C)cc(-c3ccccn3)c2s1. The van der Waals surface area contributed by atoms with E-state index in [0.29, 0.717) is 43.6 Å². The minimum absolute atomic E-state index is 0.299. The van der Waals surface area contributed by atoms with Crippen molar-refractivity contribution in [1.82, 2.24) is 25.3 Å². The standard InChI is InChI=1S/C27H29N7O3S/c1-4-28-25(37)33-26-32-21-14-17(13-18(22(21)38-26)20-7-5-6-10-29-20)19-15-30-24(31-16(19)2)34-11-8-27(3,9-12-34)23(35)36/h5-7,10,13-15H,4,8-9,11-12H2,1-3H3,(H,35,36)(H2,28,32,33,37). The van der Waals surface area contributed by atoms with Gasteiger partial charge in [-0.15, -0.1) is 0 Å². The molecule has 38 heavy (non-hydrogen) atoms. The molecule has 4 heterocycles. The van der Waals surface area contributed by atoms with E-state index in [-0.39, 0.29) is 6.03 Å². The topological polar surface area (TPSA) is 133 Å². The van der Waals surface area contributed by atoms with E-state index < -0.39 is 11.4 Å². The molecule has 2 amide bonds. The molecule has 0 unspecified atom stereocenters. The molecular weight excluding hydrogens is 502 g/mol. The maximum Gasteiger partial charge on any atom is 0.321 e. The molecule has 1 fully saturated rings. The average Bonchev–Trinajstić information content (AvgIpc) is 3.31. The van der Waals surface area contributed by atoms with Gasteiger partial charge >= 0.3 is 12.0 Å². The third-order valence-corrected chi connectivity index (χ3v) is 7.95. The van der Waals surface area contributed by atoms with Crippen LogP contribution in [-0.2, 0) is 4.79 Å². The molecule has 3 N–H and O–H groups in total. The Bertz CT molecular complexity index is 1500. The smallest absolute Gasteiger partial charge is 0.321 e. The molecule has 0 bridgehead atoms. The van der Waals surface area contributed by atoms with Crippen LogP contribution < -0.4 is 15.5 Å². The largest absolute Gasteiger partial charge is 0.481 e. The number of piperidine rings is 1. The average molecular weight is 532 g/mol. The van der Waals surface area contributed by atoms with Crippen LogP contribution in [0.4, 0.5) is 15.9 Å². The highest BCUT2D eigenvalue weighted by Crippen LogP contribution is 2.39. The van der Waals surface area contributed by atoms with Crippen molar-refractivity contribution in [3.05, 3.63) is 48.4 Å². The summed E-state index contributed by atoms with van der Waals surface area (Å²) in [5.74, 6) is -0.151. The number of hydrogen-bond acceptors (Lipinski definition) is 8. The number of aryl methyl sites for hydroxylation is 1. The lowest BCUT2D eigenvalue weighted by Gasteiger charge is -2.36. The summed E-state index contributed by atoms with van der Waals surface area (Å²) in [5, 5.41) is 15.6. The summed E-state index contributed by atoms with van der Waals surface area (Å²) < 4.78 is 0.921. The molecule has 0 spiro atoms. The Balaban J connectivity index is 1.50. The van der Waals surface area contributed by atoms with Gasteiger partial charge in [-0.05, 0) is 63.4 Å². The highest BCUT2D eigenvalue weighted by Gasteiger charge is 2.37. The summed E-state index contributed by atoms with van der Waals surface area (Å²) >= 11 is 1.40. The number of nitrogens with zero attached hydrogens (tertiary/aromatic N) is 5. The first kappa shape index (κ1) is 25.5. The molecule has 10 nitrogen and oxygen atoms in total. The van der Waals surface area contributed by atoms with Gasteiger partial charge in [0.1, 0.15) is 0 Å². The Labute approximate surface area is 224 Å². The highest BCUT2D eigenvalue weighted by molar-refractivity contribution is 7.22. The summed E-state index contributed by atoms with van der Waals surface area (Å²) in [7, 11) is 0. The van der Waals surface area contributed by atoms with Crippen molar-refractivity contribution in [3.63, 3.8) is 0 Å². The number of amides is 2. The number of rotatable bonds is 6. The van der Waals surface area contributed by atoms with E-state index in [0.717, 1.165) is 38.3 Å². The normalized spacial score (nSPS) is 14.9. The molecule has 11 heteroatoms. The molecule has 196 valence electrons.